The molecule has 1 aromatic heterocycles. The summed E-state index contributed by atoms with van der Waals surface area (Å²) in [5.74, 6) is 1.13. The SMILES string of the molecule is Cn1cnnc1[C@@H]1CCCN(C(=O)C(C)(C)Oc2ccc(F)cc2)C1. The van der Waals surface area contributed by atoms with Gasteiger partial charge in [0.2, 0.25) is 0 Å². The largest absolute Gasteiger partial charge is 0.478 e. The quantitative estimate of drug-likeness (QED) is 0.853. The van der Waals surface area contributed by atoms with Crippen LogP contribution in [0.4, 0.5) is 4.39 Å². The molecule has 1 aromatic carbocycles. The minimum absolute atomic E-state index is 0.0799. The van der Waals surface area contributed by atoms with Gasteiger partial charge in [-0.1, -0.05) is 0 Å². The number of aryl methyl sites for hydroxylation is 1. The van der Waals surface area contributed by atoms with Gasteiger partial charge in [0.15, 0.2) is 5.60 Å². The lowest BCUT2D eigenvalue weighted by molar-refractivity contribution is -0.146. The van der Waals surface area contributed by atoms with E-state index in [1.165, 1.54) is 24.3 Å². The highest BCUT2D eigenvalue weighted by Crippen LogP contribution is 2.28. The molecule has 0 spiro atoms. The maximum atomic E-state index is 13.0. The van der Waals surface area contributed by atoms with Crippen molar-refractivity contribution in [2.24, 2.45) is 7.05 Å². The van der Waals surface area contributed by atoms with Crippen LogP contribution < -0.4 is 4.74 Å². The Labute approximate surface area is 146 Å². The van der Waals surface area contributed by atoms with Gasteiger partial charge in [0.05, 0.1) is 0 Å². The standard InChI is InChI=1S/C18H23FN4O2/c1-18(2,25-15-8-6-14(19)7-9-15)17(24)23-10-4-5-13(11-23)16-21-20-12-22(16)3/h6-9,12-13H,4-5,10-11H2,1-3H3/t13-/m1/s1. The van der Waals surface area contributed by atoms with Crippen molar-refractivity contribution in [2.75, 3.05) is 13.1 Å². The summed E-state index contributed by atoms with van der Waals surface area (Å²) in [7, 11) is 1.91. The van der Waals surface area contributed by atoms with Crippen LogP contribution in [0.5, 0.6) is 5.75 Å². The smallest absolute Gasteiger partial charge is 0.266 e. The van der Waals surface area contributed by atoms with Crippen LogP contribution in [0, 0.1) is 5.82 Å². The molecule has 1 aliphatic rings. The summed E-state index contributed by atoms with van der Waals surface area (Å²) in [5.41, 5.74) is -1.03. The number of carbonyl (C=O) groups is 1. The van der Waals surface area contributed by atoms with Crippen molar-refractivity contribution in [2.45, 2.75) is 38.2 Å². The Kier molecular flexibility index (Phi) is 4.74. The van der Waals surface area contributed by atoms with Crippen molar-refractivity contribution < 1.29 is 13.9 Å². The van der Waals surface area contributed by atoms with E-state index < -0.39 is 5.60 Å². The van der Waals surface area contributed by atoms with E-state index >= 15 is 0 Å². The number of hydrogen-bond acceptors (Lipinski definition) is 4. The lowest BCUT2D eigenvalue weighted by Gasteiger charge is -2.37. The van der Waals surface area contributed by atoms with Crippen molar-refractivity contribution in [3.8, 4) is 5.75 Å². The Morgan fingerprint density at radius 1 is 1.32 bits per heavy atom. The van der Waals surface area contributed by atoms with Gasteiger partial charge in [-0.25, -0.2) is 4.39 Å². The molecule has 1 fully saturated rings. The van der Waals surface area contributed by atoms with Crippen LogP contribution in [-0.4, -0.2) is 44.3 Å². The number of benzene rings is 1. The van der Waals surface area contributed by atoms with Crippen LogP contribution in [0.1, 0.15) is 38.4 Å². The number of aromatic nitrogens is 3. The molecule has 0 unspecified atom stereocenters. The van der Waals surface area contributed by atoms with Crippen molar-refractivity contribution in [3.63, 3.8) is 0 Å². The first kappa shape index (κ1) is 17.4. The number of rotatable bonds is 4. The highest BCUT2D eigenvalue weighted by molar-refractivity contribution is 5.85. The van der Waals surface area contributed by atoms with E-state index in [4.69, 9.17) is 4.74 Å². The summed E-state index contributed by atoms with van der Waals surface area (Å²) >= 11 is 0. The Morgan fingerprint density at radius 2 is 2.04 bits per heavy atom. The number of amides is 1. The molecule has 1 saturated heterocycles. The summed E-state index contributed by atoms with van der Waals surface area (Å²) in [4.78, 5) is 14.8. The van der Waals surface area contributed by atoms with Gasteiger partial charge in [-0.15, -0.1) is 10.2 Å². The van der Waals surface area contributed by atoms with Gasteiger partial charge in [0.25, 0.3) is 5.91 Å². The van der Waals surface area contributed by atoms with Crippen LogP contribution in [0.15, 0.2) is 30.6 Å². The van der Waals surface area contributed by atoms with E-state index in [1.807, 2.05) is 16.5 Å². The monoisotopic (exact) mass is 346 g/mol. The van der Waals surface area contributed by atoms with Gasteiger partial charge in [-0.2, -0.15) is 0 Å². The maximum Gasteiger partial charge on any atom is 0.266 e. The van der Waals surface area contributed by atoms with Crippen LogP contribution >= 0.6 is 0 Å². The van der Waals surface area contributed by atoms with E-state index in [9.17, 15) is 9.18 Å². The number of likely N-dealkylation sites (tertiary alicyclic amines) is 1. The van der Waals surface area contributed by atoms with Gasteiger partial charge in [-0.05, 0) is 51.0 Å². The molecule has 0 bridgehead atoms. The van der Waals surface area contributed by atoms with Crippen molar-refractivity contribution >= 4 is 5.91 Å². The van der Waals surface area contributed by atoms with E-state index in [2.05, 4.69) is 10.2 Å². The predicted octanol–water partition coefficient (Wildman–Crippen LogP) is 2.52. The first-order valence-electron chi connectivity index (χ1n) is 8.44. The topological polar surface area (TPSA) is 60.2 Å². The number of ether oxygens (including phenoxy) is 1. The molecule has 2 heterocycles. The lowest BCUT2D eigenvalue weighted by atomic mass is 9.95. The second-order valence-electron chi connectivity index (χ2n) is 6.96. The Bertz CT molecular complexity index is 742. The van der Waals surface area contributed by atoms with E-state index in [0.29, 0.717) is 18.8 Å². The van der Waals surface area contributed by atoms with E-state index in [1.54, 1.807) is 20.2 Å². The molecule has 2 aromatic rings. The molecule has 0 aliphatic carbocycles. The summed E-state index contributed by atoms with van der Waals surface area (Å²) in [6.45, 7) is 4.78. The number of nitrogens with zero attached hydrogens (tertiary/aromatic N) is 4. The fraction of sp³-hybridized carbons (Fsp3) is 0.500. The first-order valence-corrected chi connectivity index (χ1v) is 8.44. The lowest BCUT2D eigenvalue weighted by Crippen LogP contribution is -2.51. The van der Waals surface area contributed by atoms with Gasteiger partial charge < -0.3 is 14.2 Å². The van der Waals surface area contributed by atoms with Crippen molar-refractivity contribution in [1.29, 1.82) is 0 Å². The van der Waals surface area contributed by atoms with Crippen molar-refractivity contribution in [3.05, 3.63) is 42.2 Å². The average Bonchev–Trinajstić information content (AvgIpc) is 3.02. The van der Waals surface area contributed by atoms with Crippen LogP contribution in [-0.2, 0) is 11.8 Å². The molecular formula is C18H23FN4O2. The minimum atomic E-state index is -1.03. The Morgan fingerprint density at radius 3 is 2.68 bits per heavy atom. The molecule has 1 amide bonds. The molecule has 0 saturated carbocycles. The van der Waals surface area contributed by atoms with E-state index in [0.717, 1.165) is 18.7 Å². The minimum Gasteiger partial charge on any atom is -0.478 e. The number of hydrogen-bond donors (Lipinski definition) is 0. The Balaban J connectivity index is 1.70. The molecule has 0 radical (unpaired) electrons. The summed E-state index contributed by atoms with van der Waals surface area (Å²) in [6.07, 6.45) is 3.57. The highest BCUT2D eigenvalue weighted by Gasteiger charge is 2.37. The summed E-state index contributed by atoms with van der Waals surface area (Å²) in [6, 6.07) is 5.70. The summed E-state index contributed by atoms with van der Waals surface area (Å²) in [5, 5.41) is 8.11. The van der Waals surface area contributed by atoms with Gasteiger partial charge in [0, 0.05) is 26.1 Å². The molecule has 1 atom stereocenters. The van der Waals surface area contributed by atoms with Crippen LogP contribution in [0.2, 0.25) is 0 Å². The molecule has 6 nitrogen and oxygen atoms in total. The average molecular weight is 346 g/mol. The predicted molar refractivity (Wildman–Crippen MR) is 90.7 cm³/mol. The molecule has 3 rings (SSSR count). The molecular weight excluding hydrogens is 323 g/mol. The van der Waals surface area contributed by atoms with Crippen LogP contribution in [0.3, 0.4) is 0 Å². The fourth-order valence-electron chi connectivity index (χ4n) is 3.26. The molecule has 7 heteroatoms. The maximum absolute atomic E-state index is 13.0. The normalized spacial score (nSPS) is 18.2. The van der Waals surface area contributed by atoms with Gasteiger partial charge in [-0.3, -0.25) is 4.79 Å². The third-order valence-electron chi connectivity index (χ3n) is 4.52. The molecule has 0 N–H and O–H groups in total. The third kappa shape index (κ3) is 3.81. The molecule has 134 valence electrons. The second kappa shape index (κ2) is 6.82. The van der Waals surface area contributed by atoms with Gasteiger partial charge >= 0.3 is 0 Å². The van der Waals surface area contributed by atoms with Crippen molar-refractivity contribution in [1.82, 2.24) is 19.7 Å². The molecule has 1 aliphatic heterocycles. The van der Waals surface area contributed by atoms with E-state index in [-0.39, 0.29) is 17.6 Å². The Hall–Kier alpha value is -2.44. The molecule has 25 heavy (non-hydrogen) atoms. The number of halogens is 1. The summed E-state index contributed by atoms with van der Waals surface area (Å²) < 4.78 is 20.8. The second-order valence-corrected chi connectivity index (χ2v) is 6.96. The number of piperidine rings is 1. The first-order chi connectivity index (χ1) is 11.9. The zero-order chi connectivity index (χ0) is 18.0. The number of carbonyl (C=O) groups excluding carboxylic acids is 1. The zero-order valence-corrected chi connectivity index (χ0v) is 14.8. The van der Waals surface area contributed by atoms with Gasteiger partial charge in [0.1, 0.15) is 23.7 Å². The zero-order valence-electron chi connectivity index (χ0n) is 14.8. The highest BCUT2D eigenvalue weighted by atomic mass is 19.1. The fourth-order valence-corrected chi connectivity index (χ4v) is 3.26. The third-order valence-corrected chi connectivity index (χ3v) is 4.52. The van der Waals surface area contributed by atoms with Crippen LogP contribution in [0.25, 0.3) is 0 Å².